The van der Waals surface area contributed by atoms with Gasteiger partial charge in [0.25, 0.3) is 0 Å². The Balaban J connectivity index is 1.32. The monoisotopic (exact) mass is 450 g/mol. The fourth-order valence-electron chi connectivity index (χ4n) is 3.97. The molecule has 0 bridgehead atoms. The van der Waals surface area contributed by atoms with Crippen LogP contribution < -0.4 is 9.47 Å². The van der Waals surface area contributed by atoms with Gasteiger partial charge in [-0.05, 0) is 43.2 Å². The summed E-state index contributed by atoms with van der Waals surface area (Å²) in [6.07, 6.45) is 4.38. The number of fused-ring (bicyclic) bond motifs is 1. The third-order valence-corrected chi connectivity index (χ3v) is 6.53. The molecular formula is C24H26N4O3S. The van der Waals surface area contributed by atoms with Crippen molar-refractivity contribution in [2.24, 2.45) is 0 Å². The highest BCUT2D eigenvalue weighted by Gasteiger charge is 2.23. The molecule has 0 aliphatic carbocycles. The lowest BCUT2D eigenvalue weighted by Crippen LogP contribution is -2.17. The number of thioether (sulfide) groups is 1. The number of nitrogens with zero attached hydrogens (tertiary/aromatic N) is 3. The fourth-order valence-corrected chi connectivity index (χ4v) is 4.74. The number of rotatable bonds is 9. The molecule has 0 saturated carbocycles. The lowest BCUT2D eigenvalue weighted by atomic mass is 10.1. The molecule has 7 nitrogen and oxygen atoms in total. The molecule has 1 aliphatic heterocycles. The molecular weight excluding hydrogens is 424 g/mol. The number of hydrogen-bond donors (Lipinski definition) is 1. The summed E-state index contributed by atoms with van der Waals surface area (Å²) in [5.41, 5.74) is 2.16. The van der Waals surface area contributed by atoms with E-state index in [2.05, 4.69) is 31.9 Å². The Morgan fingerprint density at radius 2 is 1.97 bits per heavy atom. The molecule has 1 unspecified atom stereocenters. The molecule has 1 aliphatic rings. The third-order valence-electron chi connectivity index (χ3n) is 5.60. The zero-order valence-electron chi connectivity index (χ0n) is 18.0. The first-order valence-corrected chi connectivity index (χ1v) is 11.8. The Morgan fingerprint density at radius 3 is 2.78 bits per heavy atom. The molecule has 2 aromatic heterocycles. The van der Waals surface area contributed by atoms with E-state index in [9.17, 15) is 0 Å². The first kappa shape index (κ1) is 20.9. The van der Waals surface area contributed by atoms with E-state index in [1.807, 2.05) is 42.6 Å². The Morgan fingerprint density at radius 1 is 1.12 bits per heavy atom. The molecule has 1 saturated heterocycles. The van der Waals surface area contributed by atoms with E-state index in [-0.39, 0.29) is 6.10 Å². The van der Waals surface area contributed by atoms with Crippen molar-refractivity contribution in [1.82, 2.24) is 19.7 Å². The van der Waals surface area contributed by atoms with Crippen LogP contribution >= 0.6 is 11.8 Å². The van der Waals surface area contributed by atoms with Crippen molar-refractivity contribution in [3.63, 3.8) is 0 Å². The summed E-state index contributed by atoms with van der Waals surface area (Å²) in [4.78, 5) is 3.35. The smallest absolute Gasteiger partial charge is 0.191 e. The standard InChI is InChI=1S/C24H26N4O3S/c1-29-17-8-10-18(11-9-17)31-13-14-32-24-27-26-23(28(24)16-19-5-4-12-30-19)21-15-25-22-7-3-2-6-20(21)22/h2-3,6-11,15,19,25H,4-5,12-14,16H2,1H3. The minimum atomic E-state index is 0.199. The van der Waals surface area contributed by atoms with Crippen molar-refractivity contribution in [3.05, 3.63) is 54.7 Å². The van der Waals surface area contributed by atoms with E-state index >= 15 is 0 Å². The van der Waals surface area contributed by atoms with E-state index in [1.165, 1.54) is 0 Å². The maximum Gasteiger partial charge on any atom is 0.191 e. The third kappa shape index (κ3) is 4.47. The van der Waals surface area contributed by atoms with Gasteiger partial charge in [0, 0.05) is 35.0 Å². The van der Waals surface area contributed by atoms with Gasteiger partial charge in [-0.15, -0.1) is 10.2 Å². The number of aromatic amines is 1. The van der Waals surface area contributed by atoms with Gasteiger partial charge in [-0.25, -0.2) is 0 Å². The van der Waals surface area contributed by atoms with Crippen molar-refractivity contribution in [2.45, 2.75) is 30.6 Å². The van der Waals surface area contributed by atoms with E-state index in [0.717, 1.165) is 70.7 Å². The predicted molar refractivity (Wildman–Crippen MR) is 126 cm³/mol. The number of ether oxygens (including phenoxy) is 3. The Labute approximate surface area is 191 Å². The summed E-state index contributed by atoms with van der Waals surface area (Å²) < 4.78 is 19.2. The van der Waals surface area contributed by atoms with Gasteiger partial charge < -0.3 is 19.2 Å². The van der Waals surface area contributed by atoms with Gasteiger partial charge >= 0.3 is 0 Å². The lowest BCUT2D eigenvalue weighted by Gasteiger charge is -2.14. The number of methoxy groups -OCH3 is 1. The number of nitrogens with one attached hydrogen (secondary N) is 1. The topological polar surface area (TPSA) is 74.2 Å². The predicted octanol–water partition coefficient (Wildman–Crippen LogP) is 4.79. The minimum absolute atomic E-state index is 0.199. The quantitative estimate of drug-likeness (QED) is 0.292. The van der Waals surface area contributed by atoms with Crippen LogP contribution in [0, 0.1) is 0 Å². The summed E-state index contributed by atoms with van der Waals surface area (Å²) in [6, 6.07) is 15.9. The largest absolute Gasteiger partial charge is 0.497 e. The molecule has 0 amide bonds. The van der Waals surface area contributed by atoms with Crippen LogP contribution in [-0.4, -0.2) is 51.9 Å². The number of para-hydroxylation sites is 1. The number of benzene rings is 2. The second-order valence-corrected chi connectivity index (χ2v) is 8.73. The van der Waals surface area contributed by atoms with Crippen LogP contribution in [0.3, 0.4) is 0 Å². The van der Waals surface area contributed by atoms with Crippen LogP contribution in [0.5, 0.6) is 11.5 Å². The number of aromatic nitrogens is 4. The SMILES string of the molecule is COc1ccc(OCCSc2nnc(-c3c[nH]c4ccccc34)n2CC2CCCO2)cc1. The van der Waals surface area contributed by atoms with Gasteiger partial charge in [0.15, 0.2) is 11.0 Å². The molecule has 166 valence electrons. The fraction of sp³-hybridized carbons (Fsp3) is 0.333. The lowest BCUT2D eigenvalue weighted by molar-refractivity contribution is 0.0953. The van der Waals surface area contributed by atoms with Crippen LogP contribution in [0.25, 0.3) is 22.3 Å². The molecule has 1 fully saturated rings. The molecule has 0 radical (unpaired) electrons. The summed E-state index contributed by atoms with van der Waals surface area (Å²) in [7, 11) is 1.66. The van der Waals surface area contributed by atoms with Crippen LogP contribution in [0.4, 0.5) is 0 Å². The van der Waals surface area contributed by atoms with E-state index in [1.54, 1.807) is 18.9 Å². The van der Waals surface area contributed by atoms with Crippen LogP contribution in [0.2, 0.25) is 0 Å². The van der Waals surface area contributed by atoms with Crippen LogP contribution in [0.15, 0.2) is 59.9 Å². The Hall–Kier alpha value is -2.97. The first-order chi connectivity index (χ1) is 15.8. The molecule has 8 heteroatoms. The summed E-state index contributed by atoms with van der Waals surface area (Å²) in [5.74, 6) is 3.28. The zero-order valence-corrected chi connectivity index (χ0v) is 18.8. The molecule has 32 heavy (non-hydrogen) atoms. The van der Waals surface area contributed by atoms with E-state index < -0.39 is 0 Å². The molecule has 2 aromatic carbocycles. The first-order valence-electron chi connectivity index (χ1n) is 10.8. The van der Waals surface area contributed by atoms with Crippen molar-refractivity contribution >= 4 is 22.7 Å². The summed E-state index contributed by atoms with van der Waals surface area (Å²) >= 11 is 1.65. The van der Waals surface area contributed by atoms with Crippen molar-refractivity contribution in [1.29, 1.82) is 0 Å². The van der Waals surface area contributed by atoms with Crippen LogP contribution in [0.1, 0.15) is 12.8 Å². The second-order valence-electron chi connectivity index (χ2n) is 7.67. The molecule has 1 N–H and O–H groups in total. The Kier molecular flexibility index (Phi) is 6.31. The molecule has 1 atom stereocenters. The summed E-state index contributed by atoms with van der Waals surface area (Å²) in [5, 5.41) is 11.1. The minimum Gasteiger partial charge on any atom is -0.497 e. The zero-order chi connectivity index (χ0) is 21.8. The normalized spacial score (nSPS) is 16.0. The highest BCUT2D eigenvalue weighted by atomic mass is 32.2. The number of hydrogen-bond acceptors (Lipinski definition) is 6. The maximum atomic E-state index is 5.92. The van der Waals surface area contributed by atoms with Gasteiger partial charge in [-0.2, -0.15) is 0 Å². The van der Waals surface area contributed by atoms with Crippen molar-refractivity contribution in [2.75, 3.05) is 26.1 Å². The van der Waals surface area contributed by atoms with E-state index in [4.69, 9.17) is 14.2 Å². The highest BCUT2D eigenvalue weighted by Crippen LogP contribution is 2.31. The van der Waals surface area contributed by atoms with Gasteiger partial charge in [-0.1, -0.05) is 30.0 Å². The molecule has 4 aromatic rings. The second kappa shape index (κ2) is 9.67. The Bertz CT molecular complexity index is 1170. The van der Waals surface area contributed by atoms with Gasteiger partial charge in [0.1, 0.15) is 11.5 Å². The van der Waals surface area contributed by atoms with Crippen LogP contribution in [-0.2, 0) is 11.3 Å². The van der Waals surface area contributed by atoms with Gasteiger partial charge in [0.05, 0.1) is 26.4 Å². The molecule has 0 spiro atoms. The van der Waals surface area contributed by atoms with E-state index in [0.29, 0.717) is 6.61 Å². The average Bonchev–Trinajstić information content (AvgIpc) is 3.58. The molecule has 5 rings (SSSR count). The maximum absolute atomic E-state index is 5.92. The van der Waals surface area contributed by atoms with Crippen molar-refractivity contribution in [3.8, 4) is 22.9 Å². The van der Waals surface area contributed by atoms with Crippen molar-refractivity contribution < 1.29 is 14.2 Å². The average molecular weight is 451 g/mol. The number of H-pyrrole nitrogens is 1. The van der Waals surface area contributed by atoms with Gasteiger partial charge in [-0.3, -0.25) is 4.57 Å². The summed E-state index contributed by atoms with van der Waals surface area (Å²) in [6.45, 7) is 2.16. The van der Waals surface area contributed by atoms with Gasteiger partial charge in [0.2, 0.25) is 0 Å². The molecule has 3 heterocycles. The highest BCUT2D eigenvalue weighted by molar-refractivity contribution is 7.99.